The number of carbonyl (C=O) groups excluding carboxylic acids is 3. The van der Waals surface area contributed by atoms with E-state index in [1.807, 2.05) is 21.9 Å². The molecule has 0 radical (unpaired) electrons. The molecule has 0 bridgehead atoms. The number of halogens is 1. The highest BCUT2D eigenvalue weighted by Gasteiger charge is 2.33. The molecular formula is C19H27ClN4O4. The zero-order chi connectivity index (χ0) is 20.7. The van der Waals surface area contributed by atoms with Crippen LogP contribution >= 0.6 is 11.6 Å². The van der Waals surface area contributed by atoms with E-state index in [4.69, 9.17) is 16.3 Å². The lowest BCUT2D eigenvalue weighted by atomic mass is 10.0. The Labute approximate surface area is 170 Å². The smallest absolute Gasteiger partial charge is 0.328 e. The summed E-state index contributed by atoms with van der Waals surface area (Å²) in [6.45, 7) is 6.20. The van der Waals surface area contributed by atoms with Gasteiger partial charge in [0.1, 0.15) is 6.04 Å². The molecule has 0 aromatic heterocycles. The molecule has 8 nitrogen and oxygen atoms in total. The summed E-state index contributed by atoms with van der Waals surface area (Å²) in [7, 11) is 1.46. The van der Waals surface area contributed by atoms with Crippen LogP contribution in [-0.4, -0.2) is 73.6 Å². The van der Waals surface area contributed by atoms with Gasteiger partial charge in [0.05, 0.1) is 12.6 Å². The molecule has 3 amide bonds. The lowest BCUT2D eigenvalue weighted by molar-refractivity contribution is -0.151. The molecule has 154 valence electrons. The van der Waals surface area contributed by atoms with Gasteiger partial charge in [0.2, 0.25) is 5.91 Å². The summed E-state index contributed by atoms with van der Waals surface area (Å²) in [5.74, 6) is -0.656. The van der Waals surface area contributed by atoms with E-state index in [2.05, 4.69) is 10.6 Å². The summed E-state index contributed by atoms with van der Waals surface area (Å²) in [4.78, 5) is 40.1. The van der Waals surface area contributed by atoms with Crippen molar-refractivity contribution in [2.24, 2.45) is 0 Å². The van der Waals surface area contributed by atoms with Crippen molar-refractivity contribution in [1.82, 2.24) is 20.4 Å². The monoisotopic (exact) mass is 410 g/mol. The van der Waals surface area contributed by atoms with Crippen molar-refractivity contribution in [3.8, 4) is 0 Å². The van der Waals surface area contributed by atoms with Crippen LogP contribution in [0.5, 0.6) is 0 Å². The third-order valence-corrected chi connectivity index (χ3v) is 5.05. The minimum atomic E-state index is -0.527. The molecule has 0 unspecified atom stereocenters. The first-order chi connectivity index (χ1) is 13.4. The number of carbonyl (C=O) groups is 3. The van der Waals surface area contributed by atoms with Gasteiger partial charge in [0.15, 0.2) is 0 Å². The number of amides is 3. The Kier molecular flexibility index (Phi) is 8.22. The van der Waals surface area contributed by atoms with E-state index in [9.17, 15) is 14.4 Å². The fourth-order valence-electron chi connectivity index (χ4n) is 3.19. The van der Waals surface area contributed by atoms with Gasteiger partial charge in [0, 0.05) is 38.2 Å². The second kappa shape index (κ2) is 10.4. The number of ether oxygens (including phenoxy) is 1. The first kappa shape index (κ1) is 22.1. The van der Waals surface area contributed by atoms with Crippen LogP contribution in [0.2, 0.25) is 5.02 Å². The standard InChI is InChI=1S/C19H27ClN4O4/c1-4-28-18(26)16(14-5-7-15(20)8-6-14)24-11-9-23(10-12-24)13(2)17(25)22-19(27)21-3/h5-8,13,16H,4,9-12H2,1-3H3,(H2,21,22,25,27)/t13-,16+/m1/s1. The second-order valence-corrected chi connectivity index (χ2v) is 6.96. The Hall–Kier alpha value is -2.16. The third-order valence-electron chi connectivity index (χ3n) is 4.80. The summed E-state index contributed by atoms with van der Waals surface area (Å²) >= 11 is 5.97. The van der Waals surface area contributed by atoms with Crippen molar-refractivity contribution in [2.75, 3.05) is 39.8 Å². The van der Waals surface area contributed by atoms with Gasteiger partial charge in [-0.05, 0) is 31.5 Å². The molecule has 1 fully saturated rings. The number of benzene rings is 1. The van der Waals surface area contributed by atoms with Crippen LogP contribution in [0.4, 0.5) is 4.79 Å². The van der Waals surface area contributed by atoms with E-state index in [1.165, 1.54) is 7.05 Å². The van der Waals surface area contributed by atoms with E-state index >= 15 is 0 Å². The molecule has 2 N–H and O–H groups in total. The lowest BCUT2D eigenvalue weighted by Crippen LogP contribution is -2.56. The molecule has 2 atom stereocenters. The van der Waals surface area contributed by atoms with E-state index in [-0.39, 0.29) is 11.9 Å². The number of piperazine rings is 1. The quantitative estimate of drug-likeness (QED) is 0.689. The minimum absolute atomic E-state index is 0.302. The van der Waals surface area contributed by atoms with Crippen LogP contribution in [0.15, 0.2) is 24.3 Å². The van der Waals surface area contributed by atoms with Gasteiger partial charge in [-0.15, -0.1) is 0 Å². The Balaban J connectivity index is 2.04. The summed E-state index contributed by atoms with van der Waals surface area (Å²) in [5, 5.41) is 5.26. The number of urea groups is 1. The molecule has 1 aromatic rings. The van der Waals surface area contributed by atoms with Crippen LogP contribution in [0.3, 0.4) is 0 Å². The van der Waals surface area contributed by atoms with Gasteiger partial charge < -0.3 is 10.1 Å². The second-order valence-electron chi connectivity index (χ2n) is 6.52. The maximum atomic E-state index is 12.6. The van der Waals surface area contributed by atoms with Crippen LogP contribution in [-0.2, 0) is 14.3 Å². The van der Waals surface area contributed by atoms with Crippen LogP contribution < -0.4 is 10.6 Å². The van der Waals surface area contributed by atoms with Gasteiger partial charge >= 0.3 is 12.0 Å². The fraction of sp³-hybridized carbons (Fsp3) is 0.526. The number of hydrogen-bond donors (Lipinski definition) is 2. The van der Waals surface area contributed by atoms with Crippen molar-refractivity contribution in [3.05, 3.63) is 34.9 Å². The maximum Gasteiger partial charge on any atom is 0.328 e. The van der Waals surface area contributed by atoms with Gasteiger partial charge in [0.25, 0.3) is 0 Å². The molecule has 1 aliphatic heterocycles. The fourth-order valence-corrected chi connectivity index (χ4v) is 3.32. The Morgan fingerprint density at radius 2 is 1.68 bits per heavy atom. The Morgan fingerprint density at radius 3 is 2.21 bits per heavy atom. The predicted molar refractivity (Wildman–Crippen MR) is 106 cm³/mol. The highest BCUT2D eigenvalue weighted by atomic mass is 35.5. The largest absolute Gasteiger partial charge is 0.465 e. The molecule has 1 aliphatic rings. The molecule has 0 spiro atoms. The number of rotatable bonds is 6. The summed E-state index contributed by atoms with van der Waals surface area (Å²) < 4.78 is 5.27. The predicted octanol–water partition coefficient (Wildman–Crippen LogP) is 1.41. The number of nitrogens with zero attached hydrogens (tertiary/aromatic N) is 2. The molecule has 0 aliphatic carbocycles. The van der Waals surface area contributed by atoms with E-state index in [0.29, 0.717) is 37.8 Å². The lowest BCUT2D eigenvalue weighted by Gasteiger charge is -2.40. The van der Waals surface area contributed by atoms with Crippen molar-refractivity contribution in [1.29, 1.82) is 0 Å². The first-order valence-corrected chi connectivity index (χ1v) is 9.68. The molecular weight excluding hydrogens is 384 g/mol. The van der Waals surface area contributed by atoms with Gasteiger partial charge in [-0.3, -0.25) is 19.9 Å². The van der Waals surface area contributed by atoms with Crippen LogP contribution in [0.25, 0.3) is 0 Å². The molecule has 2 rings (SSSR count). The van der Waals surface area contributed by atoms with E-state index in [1.54, 1.807) is 26.0 Å². The number of nitrogens with one attached hydrogen (secondary N) is 2. The SMILES string of the molecule is CCOC(=O)[C@H](c1ccc(Cl)cc1)N1CCN([C@H](C)C(=O)NC(=O)NC)CC1. The van der Waals surface area contributed by atoms with Crippen molar-refractivity contribution >= 4 is 29.5 Å². The average molecular weight is 411 g/mol. The number of imide groups is 1. The van der Waals surface area contributed by atoms with Crippen molar-refractivity contribution in [2.45, 2.75) is 25.9 Å². The Bertz CT molecular complexity index is 690. The van der Waals surface area contributed by atoms with E-state index in [0.717, 1.165) is 5.56 Å². The molecule has 1 saturated heterocycles. The average Bonchev–Trinajstić information content (AvgIpc) is 2.69. The third kappa shape index (κ3) is 5.67. The zero-order valence-corrected chi connectivity index (χ0v) is 17.2. The minimum Gasteiger partial charge on any atom is -0.465 e. The van der Waals surface area contributed by atoms with Crippen LogP contribution in [0.1, 0.15) is 25.5 Å². The topological polar surface area (TPSA) is 91.0 Å². The maximum absolute atomic E-state index is 12.6. The first-order valence-electron chi connectivity index (χ1n) is 9.30. The van der Waals surface area contributed by atoms with E-state index < -0.39 is 18.1 Å². The van der Waals surface area contributed by atoms with Gasteiger partial charge in [-0.25, -0.2) is 9.59 Å². The number of esters is 1. The molecule has 1 aromatic carbocycles. The number of hydrogen-bond acceptors (Lipinski definition) is 6. The summed E-state index contributed by atoms with van der Waals surface area (Å²) in [6, 6.07) is 5.67. The molecule has 9 heteroatoms. The van der Waals surface area contributed by atoms with Gasteiger partial charge in [-0.2, -0.15) is 0 Å². The van der Waals surface area contributed by atoms with Crippen molar-refractivity contribution < 1.29 is 19.1 Å². The van der Waals surface area contributed by atoms with Crippen molar-refractivity contribution in [3.63, 3.8) is 0 Å². The van der Waals surface area contributed by atoms with Crippen LogP contribution in [0, 0.1) is 0 Å². The van der Waals surface area contributed by atoms with Gasteiger partial charge in [-0.1, -0.05) is 23.7 Å². The molecule has 0 saturated carbocycles. The summed E-state index contributed by atoms with van der Waals surface area (Å²) in [5.41, 5.74) is 0.821. The highest BCUT2D eigenvalue weighted by Crippen LogP contribution is 2.25. The Morgan fingerprint density at radius 1 is 1.11 bits per heavy atom. The normalized spacial score (nSPS) is 17.4. The molecule has 1 heterocycles. The highest BCUT2D eigenvalue weighted by molar-refractivity contribution is 6.30. The zero-order valence-electron chi connectivity index (χ0n) is 16.4. The molecule has 28 heavy (non-hydrogen) atoms. The summed E-state index contributed by atoms with van der Waals surface area (Å²) in [6.07, 6.45) is 0.